The standard InChI is InChI=1S/C23H18FN3O/c24-20-13-7-8-17(14-20)16-25-22-15-21(18-9-3-1-4-10-18)26-27(22)23(28)19-11-5-2-6-12-19/h1-15,25H,16H2. The summed E-state index contributed by atoms with van der Waals surface area (Å²) in [5.41, 5.74) is 2.92. The van der Waals surface area contributed by atoms with Crippen molar-refractivity contribution in [3.05, 3.63) is 108 Å². The van der Waals surface area contributed by atoms with E-state index in [4.69, 9.17) is 0 Å². The summed E-state index contributed by atoms with van der Waals surface area (Å²) in [5.74, 6) is 0.0274. The molecule has 0 unspecified atom stereocenters. The topological polar surface area (TPSA) is 46.9 Å². The molecule has 0 radical (unpaired) electrons. The molecule has 0 bridgehead atoms. The van der Waals surface area contributed by atoms with Crippen LogP contribution in [0.3, 0.4) is 0 Å². The first kappa shape index (κ1) is 17.7. The van der Waals surface area contributed by atoms with Gasteiger partial charge >= 0.3 is 0 Å². The minimum Gasteiger partial charge on any atom is -0.366 e. The van der Waals surface area contributed by atoms with Gasteiger partial charge in [0.25, 0.3) is 5.91 Å². The zero-order chi connectivity index (χ0) is 19.3. The van der Waals surface area contributed by atoms with Crippen molar-refractivity contribution in [2.45, 2.75) is 6.54 Å². The quantitative estimate of drug-likeness (QED) is 0.538. The fourth-order valence-electron chi connectivity index (χ4n) is 2.95. The van der Waals surface area contributed by atoms with Gasteiger partial charge in [-0.2, -0.15) is 9.78 Å². The molecule has 1 N–H and O–H groups in total. The Balaban J connectivity index is 1.68. The van der Waals surface area contributed by atoms with Crippen LogP contribution in [-0.4, -0.2) is 15.7 Å². The lowest BCUT2D eigenvalue weighted by molar-refractivity contribution is 0.0948. The first-order valence-corrected chi connectivity index (χ1v) is 8.94. The highest BCUT2D eigenvalue weighted by atomic mass is 19.1. The molecule has 0 aliphatic carbocycles. The molecule has 0 spiro atoms. The van der Waals surface area contributed by atoms with E-state index in [-0.39, 0.29) is 11.7 Å². The van der Waals surface area contributed by atoms with E-state index in [9.17, 15) is 9.18 Å². The maximum Gasteiger partial charge on any atom is 0.280 e. The Hall–Kier alpha value is -3.73. The Kier molecular flexibility index (Phi) is 4.97. The Morgan fingerprint density at radius 2 is 1.61 bits per heavy atom. The van der Waals surface area contributed by atoms with Crippen LogP contribution in [0.25, 0.3) is 11.3 Å². The number of rotatable bonds is 5. The lowest BCUT2D eigenvalue weighted by Gasteiger charge is -2.09. The lowest BCUT2D eigenvalue weighted by atomic mass is 10.1. The van der Waals surface area contributed by atoms with Gasteiger partial charge in [-0.1, -0.05) is 60.7 Å². The number of nitrogens with zero attached hydrogens (tertiary/aromatic N) is 2. The van der Waals surface area contributed by atoms with E-state index in [2.05, 4.69) is 10.4 Å². The third kappa shape index (κ3) is 3.83. The predicted octanol–water partition coefficient (Wildman–Crippen LogP) is 4.99. The highest BCUT2D eigenvalue weighted by Crippen LogP contribution is 2.23. The van der Waals surface area contributed by atoms with Crippen molar-refractivity contribution in [2.75, 3.05) is 5.32 Å². The Labute approximate surface area is 162 Å². The molecule has 4 nitrogen and oxygen atoms in total. The highest BCUT2D eigenvalue weighted by Gasteiger charge is 2.17. The van der Waals surface area contributed by atoms with Crippen molar-refractivity contribution in [3.63, 3.8) is 0 Å². The number of nitrogens with one attached hydrogen (secondary N) is 1. The van der Waals surface area contributed by atoms with Gasteiger partial charge in [0.1, 0.15) is 11.6 Å². The molecular formula is C23H18FN3O. The number of carbonyl (C=O) groups excluding carboxylic acids is 1. The molecule has 28 heavy (non-hydrogen) atoms. The van der Waals surface area contributed by atoms with Gasteiger partial charge in [-0.25, -0.2) is 4.39 Å². The van der Waals surface area contributed by atoms with Crippen LogP contribution in [0.5, 0.6) is 0 Å². The molecule has 1 heterocycles. The molecule has 0 saturated heterocycles. The number of benzene rings is 3. The molecule has 138 valence electrons. The Bertz CT molecular complexity index is 1090. The molecule has 5 heteroatoms. The average Bonchev–Trinajstić information content (AvgIpc) is 3.17. The maximum absolute atomic E-state index is 13.4. The van der Waals surface area contributed by atoms with Gasteiger partial charge in [0, 0.05) is 23.7 Å². The SMILES string of the molecule is O=C(c1ccccc1)n1nc(-c2ccccc2)cc1NCc1cccc(F)c1. The van der Waals surface area contributed by atoms with Crippen LogP contribution in [0.1, 0.15) is 15.9 Å². The van der Waals surface area contributed by atoms with Crippen LogP contribution < -0.4 is 5.32 Å². The molecule has 3 aromatic carbocycles. The second-order valence-electron chi connectivity index (χ2n) is 6.35. The Morgan fingerprint density at radius 1 is 0.893 bits per heavy atom. The zero-order valence-electron chi connectivity index (χ0n) is 15.0. The molecule has 1 aromatic heterocycles. The molecule has 4 rings (SSSR count). The third-order valence-corrected chi connectivity index (χ3v) is 4.35. The van der Waals surface area contributed by atoms with Gasteiger partial charge in [0.15, 0.2) is 0 Å². The van der Waals surface area contributed by atoms with E-state index >= 15 is 0 Å². The fourth-order valence-corrected chi connectivity index (χ4v) is 2.95. The number of halogens is 1. The predicted molar refractivity (Wildman–Crippen MR) is 108 cm³/mol. The largest absolute Gasteiger partial charge is 0.366 e. The maximum atomic E-state index is 13.4. The van der Waals surface area contributed by atoms with E-state index in [1.165, 1.54) is 16.8 Å². The average molecular weight is 371 g/mol. The van der Waals surface area contributed by atoms with Crippen molar-refractivity contribution in [2.24, 2.45) is 0 Å². The Morgan fingerprint density at radius 3 is 2.32 bits per heavy atom. The van der Waals surface area contributed by atoms with Crippen LogP contribution in [0, 0.1) is 5.82 Å². The second-order valence-corrected chi connectivity index (χ2v) is 6.35. The first-order chi connectivity index (χ1) is 13.7. The van der Waals surface area contributed by atoms with Crippen molar-refractivity contribution in [1.82, 2.24) is 9.78 Å². The van der Waals surface area contributed by atoms with Gasteiger partial charge < -0.3 is 5.32 Å². The second kappa shape index (κ2) is 7.88. The van der Waals surface area contributed by atoms with E-state index in [1.54, 1.807) is 18.2 Å². The molecular weight excluding hydrogens is 353 g/mol. The van der Waals surface area contributed by atoms with E-state index in [1.807, 2.05) is 60.7 Å². The lowest BCUT2D eigenvalue weighted by Crippen LogP contribution is -2.17. The van der Waals surface area contributed by atoms with Gasteiger partial charge in [0.2, 0.25) is 0 Å². The van der Waals surface area contributed by atoms with Crippen molar-refractivity contribution < 1.29 is 9.18 Å². The third-order valence-electron chi connectivity index (χ3n) is 4.35. The van der Waals surface area contributed by atoms with E-state index in [0.717, 1.165) is 11.1 Å². The van der Waals surface area contributed by atoms with Gasteiger partial charge in [-0.15, -0.1) is 0 Å². The molecule has 4 aromatic rings. The minimum absolute atomic E-state index is 0.232. The van der Waals surface area contributed by atoms with Gasteiger partial charge in [-0.3, -0.25) is 4.79 Å². The summed E-state index contributed by atoms with van der Waals surface area (Å²) in [4.78, 5) is 13.0. The van der Waals surface area contributed by atoms with Crippen molar-refractivity contribution in [1.29, 1.82) is 0 Å². The summed E-state index contributed by atoms with van der Waals surface area (Å²) in [6, 6.07) is 26.8. The fraction of sp³-hybridized carbons (Fsp3) is 0.0435. The summed E-state index contributed by atoms with van der Waals surface area (Å²) in [5, 5.41) is 7.73. The van der Waals surface area contributed by atoms with Crippen LogP contribution in [0.4, 0.5) is 10.2 Å². The molecule has 0 fully saturated rings. The van der Waals surface area contributed by atoms with Crippen LogP contribution >= 0.6 is 0 Å². The van der Waals surface area contributed by atoms with E-state index < -0.39 is 0 Å². The summed E-state index contributed by atoms with van der Waals surface area (Å²) >= 11 is 0. The number of hydrogen-bond donors (Lipinski definition) is 1. The number of hydrogen-bond acceptors (Lipinski definition) is 3. The molecule has 0 saturated carbocycles. The van der Waals surface area contributed by atoms with Gasteiger partial charge in [-0.05, 0) is 29.8 Å². The van der Waals surface area contributed by atoms with Crippen LogP contribution in [0.2, 0.25) is 0 Å². The monoisotopic (exact) mass is 371 g/mol. The zero-order valence-corrected chi connectivity index (χ0v) is 15.0. The number of carbonyl (C=O) groups is 1. The van der Waals surface area contributed by atoms with Gasteiger partial charge in [0.05, 0.1) is 5.69 Å². The molecule has 0 amide bonds. The normalized spacial score (nSPS) is 10.6. The van der Waals surface area contributed by atoms with Crippen LogP contribution in [-0.2, 0) is 6.54 Å². The molecule has 0 aliphatic heterocycles. The molecule has 0 aliphatic rings. The smallest absolute Gasteiger partial charge is 0.280 e. The van der Waals surface area contributed by atoms with Crippen LogP contribution in [0.15, 0.2) is 91.0 Å². The summed E-state index contributed by atoms with van der Waals surface area (Å²) in [7, 11) is 0. The van der Waals surface area contributed by atoms with E-state index in [0.29, 0.717) is 23.6 Å². The first-order valence-electron chi connectivity index (χ1n) is 8.94. The number of anilines is 1. The minimum atomic E-state index is -0.293. The molecule has 0 atom stereocenters. The highest BCUT2D eigenvalue weighted by molar-refractivity contribution is 5.97. The van der Waals surface area contributed by atoms with Crippen molar-refractivity contribution >= 4 is 11.7 Å². The summed E-state index contributed by atoms with van der Waals surface area (Å²) < 4.78 is 14.8. The van der Waals surface area contributed by atoms with Crippen molar-refractivity contribution in [3.8, 4) is 11.3 Å². The summed E-state index contributed by atoms with van der Waals surface area (Å²) in [6.45, 7) is 0.375. The number of aromatic nitrogens is 2. The summed E-state index contributed by atoms with van der Waals surface area (Å²) in [6.07, 6.45) is 0.